The number of hydrogen-bond acceptors (Lipinski definition) is 0. The lowest BCUT2D eigenvalue weighted by atomic mass is 9.77. The van der Waals surface area contributed by atoms with Gasteiger partial charge >= 0.3 is 6.98 Å². The predicted molar refractivity (Wildman–Crippen MR) is 37.7 cm³/mol. The van der Waals surface area contributed by atoms with E-state index >= 15 is 0 Å². The highest BCUT2D eigenvalue weighted by atomic mass is 19.4. The first-order valence-electron chi connectivity index (χ1n) is 3.41. The smallest absolute Gasteiger partial charge is 0.445 e. The Hall–Kier alpha value is -0.405. The largest absolute Gasteiger partial charge is 0.505 e. The van der Waals surface area contributed by atoms with Crippen molar-refractivity contribution in [2.45, 2.75) is 26.7 Å². The highest BCUT2D eigenvalue weighted by Crippen LogP contribution is 2.22. The summed E-state index contributed by atoms with van der Waals surface area (Å²) < 4.78 is 35.7. The van der Waals surface area contributed by atoms with Crippen LogP contribution >= 0.6 is 0 Å². The van der Waals surface area contributed by atoms with Gasteiger partial charge in [0.2, 0.25) is 0 Å². The van der Waals surface area contributed by atoms with Gasteiger partial charge in [-0.2, -0.15) is 0 Å². The summed E-state index contributed by atoms with van der Waals surface area (Å²) in [6, 6.07) is 0. The lowest BCUT2D eigenvalue weighted by Gasteiger charge is -2.17. The van der Waals surface area contributed by atoms with Gasteiger partial charge < -0.3 is 12.9 Å². The molecule has 4 heteroatoms. The maximum absolute atomic E-state index is 11.9. The Morgan fingerprint density at radius 1 is 1.30 bits per heavy atom. The van der Waals surface area contributed by atoms with E-state index < -0.39 is 6.98 Å². The van der Waals surface area contributed by atoms with Gasteiger partial charge in [-0.25, -0.2) is 0 Å². The molecule has 0 amide bonds. The lowest BCUT2D eigenvalue weighted by molar-refractivity contribution is 0.486. The Labute approximate surface area is 59.2 Å². The monoisotopic (exact) mass is 151 g/mol. The minimum absolute atomic E-state index is 0.0946. The van der Waals surface area contributed by atoms with Gasteiger partial charge in [0.05, 0.1) is 0 Å². The van der Waals surface area contributed by atoms with Crippen molar-refractivity contribution in [3.63, 3.8) is 0 Å². The second-order valence-electron chi connectivity index (χ2n) is 2.12. The third kappa shape index (κ3) is 2.94. The van der Waals surface area contributed by atoms with Gasteiger partial charge in [-0.1, -0.05) is 20.3 Å². The molecule has 0 fully saturated rings. The van der Waals surface area contributed by atoms with Gasteiger partial charge in [0.15, 0.2) is 0 Å². The zero-order chi connectivity index (χ0) is 8.20. The molecule has 0 saturated carbocycles. The molecule has 0 spiro atoms. The van der Waals surface area contributed by atoms with Crippen molar-refractivity contribution >= 4 is 6.98 Å². The molecule has 0 aromatic heterocycles. The maximum Gasteiger partial charge on any atom is 0.505 e. The first kappa shape index (κ1) is 9.59. The van der Waals surface area contributed by atoms with Crippen molar-refractivity contribution in [1.82, 2.24) is 0 Å². The Bertz CT molecular complexity index is 125. The highest BCUT2D eigenvalue weighted by molar-refractivity contribution is 6.66. The third-order valence-electron chi connectivity index (χ3n) is 1.29. The standard InChI is InChI=1S/C6H11BF3/c1-3-5-6(4-2)7(8,9)10/h5H,3-4H2,1-2H3/q-1/b6-5+. The zero-order valence-corrected chi connectivity index (χ0v) is 6.20. The molecule has 0 radical (unpaired) electrons. The van der Waals surface area contributed by atoms with Gasteiger partial charge in [-0.3, -0.25) is 0 Å². The van der Waals surface area contributed by atoms with Crippen LogP contribution in [0.25, 0.3) is 0 Å². The minimum Gasteiger partial charge on any atom is -0.445 e. The molecule has 0 nitrogen and oxygen atoms in total. The van der Waals surface area contributed by atoms with Crippen LogP contribution in [0.15, 0.2) is 11.5 Å². The fourth-order valence-corrected chi connectivity index (χ4v) is 0.772. The molecule has 0 N–H and O–H groups in total. The molecule has 60 valence electrons. The van der Waals surface area contributed by atoms with E-state index in [1.54, 1.807) is 6.92 Å². The lowest BCUT2D eigenvalue weighted by Crippen LogP contribution is -2.18. The van der Waals surface area contributed by atoms with Crippen molar-refractivity contribution in [1.29, 1.82) is 0 Å². The minimum atomic E-state index is -4.72. The van der Waals surface area contributed by atoms with Crippen molar-refractivity contribution in [2.75, 3.05) is 0 Å². The normalized spacial score (nSPS) is 13.9. The van der Waals surface area contributed by atoms with E-state index in [4.69, 9.17) is 0 Å². The molecule has 0 aromatic rings. The topological polar surface area (TPSA) is 0 Å². The zero-order valence-electron chi connectivity index (χ0n) is 6.20. The Balaban J connectivity index is 4.21. The Kier molecular flexibility index (Phi) is 3.54. The van der Waals surface area contributed by atoms with Crippen LogP contribution in [0.5, 0.6) is 0 Å². The van der Waals surface area contributed by atoms with Crippen molar-refractivity contribution in [3.8, 4) is 0 Å². The first-order valence-corrected chi connectivity index (χ1v) is 3.41. The summed E-state index contributed by atoms with van der Waals surface area (Å²) in [4.78, 5) is 0. The molecule has 0 heterocycles. The van der Waals surface area contributed by atoms with Crippen LogP contribution in [0.4, 0.5) is 12.9 Å². The summed E-state index contributed by atoms with van der Waals surface area (Å²) >= 11 is 0. The summed E-state index contributed by atoms with van der Waals surface area (Å²) in [5, 5.41) is 0. The molecule has 0 rings (SSSR count). The summed E-state index contributed by atoms with van der Waals surface area (Å²) in [5.41, 5.74) is -0.359. The summed E-state index contributed by atoms with van der Waals surface area (Å²) in [6.07, 6.45) is 1.81. The number of rotatable bonds is 3. The van der Waals surface area contributed by atoms with E-state index in [0.717, 1.165) is 0 Å². The second kappa shape index (κ2) is 3.69. The van der Waals surface area contributed by atoms with Gasteiger partial charge in [0, 0.05) is 0 Å². The van der Waals surface area contributed by atoms with Crippen molar-refractivity contribution in [3.05, 3.63) is 11.5 Å². The Morgan fingerprint density at radius 2 is 1.80 bits per heavy atom. The SMILES string of the molecule is CC/C=C(\CC)[B-](F)(F)F. The quantitative estimate of drug-likeness (QED) is 0.543. The molecule has 0 atom stereocenters. The molecule has 0 saturated heterocycles. The van der Waals surface area contributed by atoms with Gasteiger partial charge in [-0.05, 0) is 6.42 Å². The average molecular weight is 151 g/mol. The molecular formula is C6H11BF3-. The molecule has 0 bridgehead atoms. The molecule has 0 aromatic carbocycles. The van der Waals surface area contributed by atoms with Crippen molar-refractivity contribution in [2.24, 2.45) is 0 Å². The predicted octanol–water partition coefficient (Wildman–Crippen LogP) is 3.12. The summed E-state index contributed by atoms with van der Waals surface area (Å²) in [5.74, 6) is 0. The molecule has 0 aliphatic heterocycles. The van der Waals surface area contributed by atoms with Gasteiger partial charge in [0.25, 0.3) is 0 Å². The molecule has 10 heavy (non-hydrogen) atoms. The van der Waals surface area contributed by atoms with E-state index in [2.05, 4.69) is 0 Å². The van der Waals surface area contributed by atoms with E-state index in [1.807, 2.05) is 0 Å². The molecule has 0 aliphatic rings. The van der Waals surface area contributed by atoms with Crippen LogP contribution in [-0.2, 0) is 0 Å². The Morgan fingerprint density at radius 3 is 1.90 bits per heavy atom. The van der Waals surface area contributed by atoms with Crippen LogP contribution < -0.4 is 0 Å². The van der Waals surface area contributed by atoms with E-state index in [9.17, 15) is 12.9 Å². The number of halogens is 3. The second-order valence-corrected chi connectivity index (χ2v) is 2.12. The van der Waals surface area contributed by atoms with Crippen LogP contribution in [0.1, 0.15) is 26.7 Å². The van der Waals surface area contributed by atoms with Crippen LogP contribution in [-0.4, -0.2) is 6.98 Å². The van der Waals surface area contributed by atoms with Crippen LogP contribution in [0.3, 0.4) is 0 Å². The van der Waals surface area contributed by atoms with Crippen molar-refractivity contribution < 1.29 is 12.9 Å². The molecule has 0 unspecified atom stereocenters. The van der Waals surface area contributed by atoms with Gasteiger partial charge in [0.1, 0.15) is 0 Å². The van der Waals surface area contributed by atoms with Crippen LogP contribution in [0, 0.1) is 0 Å². The fraction of sp³-hybridized carbons (Fsp3) is 0.667. The highest BCUT2D eigenvalue weighted by Gasteiger charge is 2.25. The van der Waals surface area contributed by atoms with Gasteiger partial charge in [-0.15, -0.1) is 11.5 Å². The fourth-order valence-electron chi connectivity index (χ4n) is 0.772. The number of hydrogen-bond donors (Lipinski definition) is 0. The van der Waals surface area contributed by atoms with E-state index in [-0.39, 0.29) is 11.9 Å². The third-order valence-corrected chi connectivity index (χ3v) is 1.29. The number of allylic oxidation sites excluding steroid dienone is 2. The van der Waals surface area contributed by atoms with E-state index in [0.29, 0.717) is 6.42 Å². The summed E-state index contributed by atoms with van der Waals surface area (Å²) in [6.45, 7) is -1.49. The van der Waals surface area contributed by atoms with E-state index in [1.165, 1.54) is 13.0 Å². The van der Waals surface area contributed by atoms with Crippen LogP contribution in [0.2, 0.25) is 0 Å². The summed E-state index contributed by atoms with van der Waals surface area (Å²) in [7, 11) is 0. The molecule has 0 aliphatic carbocycles. The first-order chi connectivity index (χ1) is 4.52. The average Bonchev–Trinajstić information content (AvgIpc) is 1.80. The maximum atomic E-state index is 11.9. The molecular weight excluding hydrogens is 140 g/mol.